The number of alkyl halides is 3. The second kappa shape index (κ2) is 4.81. The zero-order valence-electron chi connectivity index (χ0n) is 9.39. The Balaban J connectivity index is 1.69. The highest BCUT2D eigenvalue weighted by Crippen LogP contribution is 2.24. The fraction of sp³-hybridized carbons (Fsp3) is 0.900. The molecule has 0 aliphatic carbocycles. The molecule has 2 fully saturated rings. The number of carbonyl (C=O) groups is 1. The molecule has 1 amide bonds. The van der Waals surface area contributed by atoms with Crippen molar-refractivity contribution in [1.82, 2.24) is 15.5 Å². The predicted molar refractivity (Wildman–Crippen MR) is 55.4 cm³/mol. The van der Waals surface area contributed by atoms with Crippen LogP contribution in [0.1, 0.15) is 6.42 Å². The SMILES string of the molecule is O=C(CN1C[C@@H]2CCN[C@@H]2C1)NCC(F)(F)F. The third kappa shape index (κ3) is 3.57. The summed E-state index contributed by atoms with van der Waals surface area (Å²) >= 11 is 0. The van der Waals surface area contributed by atoms with E-state index in [0.29, 0.717) is 12.0 Å². The highest BCUT2D eigenvalue weighted by Gasteiger charge is 2.36. The van der Waals surface area contributed by atoms with Gasteiger partial charge in [-0.15, -0.1) is 0 Å². The highest BCUT2D eigenvalue weighted by molar-refractivity contribution is 5.78. The molecule has 17 heavy (non-hydrogen) atoms. The van der Waals surface area contributed by atoms with Gasteiger partial charge in [0.25, 0.3) is 0 Å². The Morgan fingerprint density at radius 3 is 2.82 bits per heavy atom. The van der Waals surface area contributed by atoms with E-state index in [1.807, 2.05) is 10.2 Å². The van der Waals surface area contributed by atoms with Crippen molar-refractivity contribution in [1.29, 1.82) is 0 Å². The molecular weight excluding hydrogens is 235 g/mol. The van der Waals surface area contributed by atoms with Gasteiger partial charge in [0, 0.05) is 19.1 Å². The minimum atomic E-state index is -4.33. The first-order valence-electron chi connectivity index (χ1n) is 5.73. The van der Waals surface area contributed by atoms with E-state index in [-0.39, 0.29) is 6.54 Å². The summed E-state index contributed by atoms with van der Waals surface area (Å²) in [4.78, 5) is 13.2. The molecular formula is C10H16F3N3O. The summed E-state index contributed by atoms with van der Waals surface area (Å²) in [5.74, 6) is -0.00675. The van der Waals surface area contributed by atoms with Crippen LogP contribution in [-0.4, -0.2) is 55.7 Å². The molecule has 2 heterocycles. The zero-order valence-corrected chi connectivity index (χ0v) is 9.39. The number of carbonyl (C=O) groups excluding carboxylic acids is 1. The molecule has 0 aromatic heterocycles. The van der Waals surface area contributed by atoms with E-state index in [2.05, 4.69) is 5.32 Å². The fourth-order valence-corrected chi connectivity index (χ4v) is 2.53. The van der Waals surface area contributed by atoms with Crippen LogP contribution < -0.4 is 10.6 Å². The van der Waals surface area contributed by atoms with Gasteiger partial charge in [0.15, 0.2) is 0 Å². The number of likely N-dealkylation sites (tertiary alicyclic amines) is 1. The molecule has 2 rings (SSSR count). The van der Waals surface area contributed by atoms with Crippen molar-refractivity contribution in [3.05, 3.63) is 0 Å². The number of nitrogens with zero attached hydrogens (tertiary/aromatic N) is 1. The van der Waals surface area contributed by atoms with Crippen molar-refractivity contribution >= 4 is 5.91 Å². The van der Waals surface area contributed by atoms with E-state index < -0.39 is 18.6 Å². The summed E-state index contributed by atoms with van der Waals surface area (Å²) in [7, 11) is 0. The molecule has 0 aromatic carbocycles. The normalized spacial score (nSPS) is 29.4. The summed E-state index contributed by atoms with van der Waals surface area (Å²) in [6.07, 6.45) is -3.25. The van der Waals surface area contributed by atoms with Crippen LogP contribution in [0.2, 0.25) is 0 Å². The molecule has 0 bridgehead atoms. The molecule has 2 N–H and O–H groups in total. The summed E-state index contributed by atoms with van der Waals surface area (Å²) in [6, 6.07) is 0.408. The van der Waals surface area contributed by atoms with Gasteiger partial charge in [0.05, 0.1) is 6.54 Å². The maximum Gasteiger partial charge on any atom is 0.405 e. The monoisotopic (exact) mass is 251 g/mol. The number of hydrogen-bond donors (Lipinski definition) is 2. The Labute approximate surface area is 97.5 Å². The van der Waals surface area contributed by atoms with Crippen LogP contribution >= 0.6 is 0 Å². The van der Waals surface area contributed by atoms with Crippen LogP contribution in [0.3, 0.4) is 0 Å². The number of fused-ring (bicyclic) bond motifs is 1. The van der Waals surface area contributed by atoms with Gasteiger partial charge in [0.2, 0.25) is 5.91 Å². The fourth-order valence-electron chi connectivity index (χ4n) is 2.53. The lowest BCUT2D eigenvalue weighted by Crippen LogP contribution is -2.41. The molecule has 0 aromatic rings. The predicted octanol–water partition coefficient (Wildman–Crippen LogP) is -0.0414. The van der Waals surface area contributed by atoms with Crippen LogP contribution in [0.25, 0.3) is 0 Å². The van der Waals surface area contributed by atoms with E-state index in [4.69, 9.17) is 0 Å². The minimum Gasteiger partial charge on any atom is -0.346 e. The quantitative estimate of drug-likeness (QED) is 0.739. The van der Waals surface area contributed by atoms with Crippen LogP contribution in [0.15, 0.2) is 0 Å². The van der Waals surface area contributed by atoms with Gasteiger partial charge in [-0.05, 0) is 18.9 Å². The van der Waals surface area contributed by atoms with Gasteiger partial charge in [-0.1, -0.05) is 0 Å². The van der Waals surface area contributed by atoms with Crippen LogP contribution in [-0.2, 0) is 4.79 Å². The smallest absolute Gasteiger partial charge is 0.346 e. The van der Waals surface area contributed by atoms with Gasteiger partial charge >= 0.3 is 6.18 Å². The van der Waals surface area contributed by atoms with Gasteiger partial charge in [-0.25, -0.2) is 0 Å². The number of nitrogens with one attached hydrogen (secondary N) is 2. The Morgan fingerprint density at radius 1 is 1.41 bits per heavy atom. The number of rotatable bonds is 3. The lowest BCUT2D eigenvalue weighted by molar-refractivity contribution is -0.138. The number of halogens is 3. The van der Waals surface area contributed by atoms with Gasteiger partial charge in [0.1, 0.15) is 6.54 Å². The molecule has 98 valence electrons. The van der Waals surface area contributed by atoms with Crippen LogP contribution in [0, 0.1) is 5.92 Å². The summed E-state index contributed by atoms with van der Waals surface area (Å²) in [5.41, 5.74) is 0. The van der Waals surface area contributed by atoms with Gasteiger partial charge in [-0.3, -0.25) is 9.69 Å². The van der Waals surface area contributed by atoms with Crippen molar-refractivity contribution in [2.45, 2.75) is 18.6 Å². The maximum atomic E-state index is 11.9. The zero-order chi connectivity index (χ0) is 12.5. The number of hydrogen-bond acceptors (Lipinski definition) is 3. The average molecular weight is 251 g/mol. The maximum absolute atomic E-state index is 11.9. The second-order valence-electron chi connectivity index (χ2n) is 4.70. The topological polar surface area (TPSA) is 44.4 Å². The first-order valence-corrected chi connectivity index (χ1v) is 5.73. The van der Waals surface area contributed by atoms with Crippen molar-refractivity contribution in [3.63, 3.8) is 0 Å². The minimum absolute atomic E-state index is 0.0603. The molecule has 2 aliphatic rings. The van der Waals surface area contributed by atoms with Gasteiger partial charge < -0.3 is 10.6 Å². The van der Waals surface area contributed by atoms with Crippen molar-refractivity contribution in [3.8, 4) is 0 Å². The number of amides is 1. The third-order valence-electron chi connectivity index (χ3n) is 3.29. The highest BCUT2D eigenvalue weighted by atomic mass is 19.4. The van der Waals surface area contributed by atoms with E-state index >= 15 is 0 Å². The molecule has 7 heteroatoms. The molecule has 0 unspecified atom stereocenters. The standard InChI is InChI=1S/C10H16F3N3O/c11-10(12,13)6-15-9(17)5-16-3-7-1-2-14-8(7)4-16/h7-8,14H,1-6H2,(H,15,17)/t7-,8+/m0/s1. The Morgan fingerprint density at radius 2 is 2.18 bits per heavy atom. The molecule has 2 saturated heterocycles. The van der Waals surface area contributed by atoms with E-state index in [0.717, 1.165) is 26.1 Å². The van der Waals surface area contributed by atoms with Crippen molar-refractivity contribution < 1.29 is 18.0 Å². The molecule has 0 radical (unpaired) electrons. The van der Waals surface area contributed by atoms with Crippen molar-refractivity contribution in [2.75, 3.05) is 32.7 Å². The third-order valence-corrected chi connectivity index (χ3v) is 3.29. The molecule has 0 spiro atoms. The van der Waals surface area contributed by atoms with E-state index in [1.165, 1.54) is 0 Å². The lowest BCUT2D eigenvalue weighted by Gasteiger charge is -2.16. The molecule has 2 aliphatic heterocycles. The van der Waals surface area contributed by atoms with Crippen molar-refractivity contribution in [2.24, 2.45) is 5.92 Å². The van der Waals surface area contributed by atoms with Crippen LogP contribution in [0.5, 0.6) is 0 Å². The van der Waals surface area contributed by atoms with E-state index in [9.17, 15) is 18.0 Å². The van der Waals surface area contributed by atoms with Gasteiger partial charge in [-0.2, -0.15) is 13.2 Å². The molecule has 0 saturated carbocycles. The average Bonchev–Trinajstić information content (AvgIpc) is 2.73. The summed E-state index contributed by atoms with van der Waals surface area (Å²) in [6.45, 7) is 1.38. The first-order chi connectivity index (χ1) is 7.94. The van der Waals surface area contributed by atoms with Crippen LogP contribution in [0.4, 0.5) is 13.2 Å². The summed E-state index contributed by atoms with van der Waals surface area (Å²) in [5, 5.41) is 5.21. The largest absolute Gasteiger partial charge is 0.405 e. The van der Waals surface area contributed by atoms with E-state index in [1.54, 1.807) is 0 Å². The Hall–Kier alpha value is -0.820. The second-order valence-corrected chi connectivity index (χ2v) is 4.70. The first kappa shape index (κ1) is 12.6. The summed E-state index contributed by atoms with van der Waals surface area (Å²) < 4.78 is 35.6. The molecule has 4 nitrogen and oxygen atoms in total. The Bertz CT molecular complexity index is 283. The Kier molecular flexibility index (Phi) is 3.58. The lowest BCUT2D eigenvalue weighted by atomic mass is 10.1. The molecule has 2 atom stereocenters.